The van der Waals surface area contributed by atoms with Crippen molar-refractivity contribution < 1.29 is 9.36 Å². The zero-order valence-corrected chi connectivity index (χ0v) is 18.7. The molecule has 30 heavy (non-hydrogen) atoms. The number of amides is 1. The molecule has 0 fully saturated rings. The minimum absolute atomic E-state index is 0.404. The van der Waals surface area contributed by atoms with E-state index in [2.05, 4.69) is 5.09 Å². The quantitative estimate of drug-likeness (QED) is 0.473. The van der Waals surface area contributed by atoms with Crippen molar-refractivity contribution in [3.8, 4) is 0 Å². The third-order valence-electron chi connectivity index (χ3n) is 4.79. The van der Waals surface area contributed by atoms with Crippen LogP contribution in [0.25, 0.3) is 0 Å². The molecule has 0 aliphatic heterocycles. The van der Waals surface area contributed by atoms with Crippen molar-refractivity contribution in [2.75, 3.05) is 14.1 Å². The summed E-state index contributed by atoms with van der Waals surface area (Å²) in [5, 5.41) is 3.33. The fourth-order valence-corrected chi connectivity index (χ4v) is 5.21. The van der Waals surface area contributed by atoms with Crippen LogP contribution in [-0.4, -0.2) is 29.3 Å². The van der Waals surface area contributed by atoms with Crippen LogP contribution in [0, 0.1) is 0 Å². The Morgan fingerprint density at radius 3 is 1.67 bits per heavy atom. The van der Waals surface area contributed by atoms with Crippen LogP contribution in [-0.2, 0) is 17.7 Å². The Kier molecular flexibility index (Phi) is 7.46. The van der Waals surface area contributed by atoms with Crippen molar-refractivity contribution >= 4 is 25.1 Å². The lowest BCUT2D eigenvalue weighted by molar-refractivity contribution is 0.0974. The molecule has 156 valence electrons. The summed E-state index contributed by atoms with van der Waals surface area (Å²) in [4.78, 5) is 12.9. The maximum atomic E-state index is 14.2. The molecule has 0 atom stereocenters. The van der Waals surface area contributed by atoms with E-state index in [1.54, 1.807) is 47.7 Å². The molecule has 3 aromatic carbocycles. The van der Waals surface area contributed by atoms with Crippen LogP contribution in [0.15, 0.2) is 84.9 Å². The number of nitrogens with zero attached hydrogens (tertiary/aromatic N) is 2. The van der Waals surface area contributed by atoms with Gasteiger partial charge < -0.3 is 0 Å². The number of carbonyl (C=O) groups excluding carboxylic acids is 1. The topological polar surface area (TPSA) is 52.7 Å². The second-order valence-corrected chi connectivity index (χ2v) is 10.2. The summed E-state index contributed by atoms with van der Waals surface area (Å²) in [6.45, 7) is 0.857. The van der Waals surface area contributed by atoms with Crippen LogP contribution < -0.4 is 5.09 Å². The highest BCUT2D eigenvalue weighted by molar-refractivity contribution is 7.57. The first kappa shape index (κ1) is 22.3. The van der Waals surface area contributed by atoms with E-state index in [9.17, 15) is 9.36 Å². The molecule has 1 N–H and O–H groups in total. The molecule has 0 radical (unpaired) electrons. The number of rotatable bonds is 8. The average Bonchev–Trinajstić information content (AvgIpc) is 2.75. The Labute approximate surface area is 182 Å². The molecule has 0 aromatic heterocycles. The van der Waals surface area contributed by atoms with Gasteiger partial charge in [0.1, 0.15) is 0 Å². The summed E-state index contributed by atoms with van der Waals surface area (Å²) < 4.78 is 17.6. The first-order valence-corrected chi connectivity index (χ1v) is 11.6. The van der Waals surface area contributed by atoms with E-state index >= 15 is 0 Å². The molecule has 1 amide bonds. The highest BCUT2D eigenvalue weighted by atomic mass is 35.5. The molecule has 7 heteroatoms. The van der Waals surface area contributed by atoms with Gasteiger partial charge in [0.05, 0.1) is 0 Å². The van der Waals surface area contributed by atoms with Gasteiger partial charge in [-0.3, -0.25) is 14.4 Å². The van der Waals surface area contributed by atoms with Crippen molar-refractivity contribution in [2.24, 2.45) is 0 Å². The summed E-state index contributed by atoms with van der Waals surface area (Å²) in [5.74, 6) is -0.408. The maximum Gasteiger partial charge on any atom is 0.311 e. The lowest BCUT2D eigenvalue weighted by Gasteiger charge is -2.35. The van der Waals surface area contributed by atoms with E-state index in [4.69, 9.17) is 11.6 Å². The lowest BCUT2D eigenvalue weighted by Crippen LogP contribution is -2.37. The molecule has 3 rings (SSSR count). The number of hydrogen-bond acceptors (Lipinski definition) is 2. The molecule has 0 heterocycles. The third kappa shape index (κ3) is 5.59. The van der Waals surface area contributed by atoms with Crippen LogP contribution >= 0.6 is 19.2 Å². The normalized spacial score (nSPS) is 11.6. The van der Waals surface area contributed by atoms with Gasteiger partial charge in [0.25, 0.3) is 5.91 Å². The Hall–Kier alpha value is -2.43. The maximum absolute atomic E-state index is 14.2. The highest BCUT2D eigenvalue weighted by Crippen LogP contribution is 2.49. The summed E-state index contributed by atoms with van der Waals surface area (Å²) in [5.41, 5.74) is 2.42. The van der Waals surface area contributed by atoms with Crippen molar-refractivity contribution in [3.05, 3.63) is 107 Å². The van der Waals surface area contributed by atoms with Crippen LogP contribution in [0.5, 0.6) is 0 Å². The van der Waals surface area contributed by atoms with Gasteiger partial charge in [-0.2, -0.15) is 0 Å². The van der Waals surface area contributed by atoms with E-state index in [-0.39, 0.29) is 0 Å². The SMILES string of the molecule is CN(Cc1ccccc1)P(=O)(NC(=O)c1ccc(Cl)cc1)N(C)Cc1ccccc1. The highest BCUT2D eigenvalue weighted by Gasteiger charge is 2.35. The van der Waals surface area contributed by atoms with Gasteiger partial charge >= 0.3 is 7.59 Å². The van der Waals surface area contributed by atoms with Crippen LogP contribution in [0.1, 0.15) is 21.5 Å². The minimum Gasteiger partial charge on any atom is -0.279 e. The van der Waals surface area contributed by atoms with Crippen molar-refractivity contribution in [1.29, 1.82) is 0 Å². The van der Waals surface area contributed by atoms with Gasteiger partial charge in [-0.05, 0) is 49.5 Å². The van der Waals surface area contributed by atoms with Crippen molar-refractivity contribution in [3.63, 3.8) is 0 Å². The zero-order valence-electron chi connectivity index (χ0n) is 17.0. The molecular weight excluding hydrogens is 417 g/mol. The van der Waals surface area contributed by atoms with Gasteiger partial charge in [-0.1, -0.05) is 72.3 Å². The fraction of sp³-hybridized carbons (Fsp3) is 0.174. The number of benzene rings is 3. The Morgan fingerprint density at radius 2 is 1.23 bits per heavy atom. The smallest absolute Gasteiger partial charge is 0.279 e. The lowest BCUT2D eigenvalue weighted by atomic mass is 10.2. The van der Waals surface area contributed by atoms with Crippen molar-refractivity contribution in [1.82, 2.24) is 14.4 Å². The Bertz CT molecular complexity index is 962. The molecule has 0 saturated carbocycles. The summed E-state index contributed by atoms with van der Waals surface area (Å²) >= 11 is 5.93. The van der Waals surface area contributed by atoms with E-state index < -0.39 is 13.5 Å². The van der Waals surface area contributed by atoms with Gasteiger partial charge in [-0.15, -0.1) is 0 Å². The average molecular weight is 442 g/mol. The van der Waals surface area contributed by atoms with Gasteiger partial charge in [0, 0.05) is 23.7 Å². The molecule has 0 aliphatic rings. The number of halogens is 1. The van der Waals surface area contributed by atoms with E-state index in [0.29, 0.717) is 23.7 Å². The Morgan fingerprint density at radius 1 is 0.800 bits per heavy atom. The molecule has 3 aromatic rings. The van der Waals surface area contributed by atoms with E-state index in [1.165, 1.54) is 0 Å². The van der Waals surface area contributed by atoms with Gasteiger partial charge in [0.15, 0.2) is 0 Å². The molecular formula is C23H25ClN3O2P. The van der Waals surface area contributed by atoms with Gasteiger partial charge in [-0.25, -0.2) is 9.34 Å². The predicted molar refractivity (Wildman–Crippen MR) is 122 cm³/mol. The third-order valence-corrected chi connectivity index (χ3v) is 7.67. The summed E-state index contributed by atoms with van der Waals surface area (Å²) in [6, 6.07) is 26.0. The van der Waals surface area contributed by atoms with Crippen LogP contribution in [0.4, 0.5) is 0 Å². The second-order valence-electron chi connectivity index (χ2n) is 7.09. The van der Waals surface area contributed by atoms with Crippen molar-refractivity contribution in [2.45, 2.75) is 13.1 Å². The minimum atomic E-state index is -3.43. The fourth-order valence-electron chi connectivity index (χ4n) is 3.12. The standard InChI is InChI=1S/C23H25ClN3O2P/c1-26(17-19-9-5-3-6-10-19)30(29,27(2)18-20-11-7-4-8-12-20)25-23(28)21-13-15-22(24)16-14-21/h3-16H,17-18H2,1-2H3,(H,25,28,29). The Balaban J connectivity index is 1.87. The van der Waals surface area contributed by atoms with E-state index in [0.717, 1.165) is 11.1 Å². The second kappa shape index (κ2) is 10.1. The van der Waals surface area contributed by atoms with Gasteiger partial charge in [0.2, 0.25) is 0 Å². The molecule has 0 aliphatic carbocycles. The number of hydrogen-bond donors (Lipinski definition) is 1. The molecule has 0 saturated heterocycles. The number of carbonyl (C=O) groups is 1. The van der Waals surface area contributed by atoms with Crippen LogP contribution in [0.2, 0.25) is 5.02 Å². The number of nitrogens with one attached hydrogen (secondary N) is 1. The first-order chi connectivity index (χ1) is 14.4. The van der Waals surface area contributed by atoms with Crippen LogP contribution in [0.3, 0.4) is 0 Å². The molecule has 5 nitrogen and oxygen atoms in total. The summed E-state index contributed by atoms with van der Waals surface area (Å²) in [6.07, 6.45) is 0. The first-order valence-electron chi connectivity index (χ1n) is 9.58. The molecule has 0 bridgehead atoms. The molecule has 0 spiro atoms. The molecule has 0 unspecified atom stereocenters. The predicted octanol–water partition coefficient (Wildman–Crippen LogP) is 5.44. The monoisotopic (exact) mass is 441 g/mol. The zero-order chi connectivity index (χ0) is 21.6. The van der Waals surface area contributed by atoms with E-state index in [1.807, 2.05) is 60.7 Å². The summed E-state index contributed by atoms with van der Waals surface area (Å²) in [7, 11) is 0.0910. The largest absolute Gasteiger partial charge is 0.311 e.